The smallest absolute Gasteiger partial charge is 0.214 e. The number of aromatic nitrogens is 2. The Kier molecular flexibility index (Phi) is 4.03. The molecule has 0 aliphatic heterocycles. The van der Waals surface area contributed by atoms with Gasteiger partial charge in [-0.3, -0.25) is 4.79 Å². The Balaban J connectivity index is 2.76. The molecule has 1 unspecified atom stereocenters. The maximum absolute atomic E-state index is 11.9. The van der Waals surface area contributed by atoms with Crippen molar-refractivity contribution >= 4 is 5.78 Å². The lowest BCUT2D eigenvalue weighted by Crippen LogP contribution is -2.33. The summed E-state index contributed by atoms with van der Waals surface area (Å²) in [6.45, 7) is 6.83. The van der Waals surface area contributed by atoms with Crippen LogP contribution in [-0.2, 0) is 6.54 Å². The number of carbonyl (C=O) groups excluding carboxylic acids is 1. The minimum absolute atomic E-state index is 0.0597. The number of ketones is 1. The zero-order valence-electron chi connectivity index (χ0n) is 9.60. The molecule has 1 aromatic rings. The summed E-state index contributed by atoms with van der Waals surface area (Å²) in [4.78, 5) is 16.0. The van der Waals surface area contributed by atoms with Gasteiger partial charge in [-0.15, -0.1) is 0 Å². The van der Waals surface area contributed by atoms with E-state index in [4.69, 9.17) is 5.73 Å². The molecule has 0 radical (unpaired) electrons. The van der Waals surface area contributed by atoms with Gasteiger partial charge < -0.3 is 10.3 Å². The molecule has 15 heavy (non-hydrogen) atoms. The third kappa shape index (κ3) is 2.89. The third-order valence-electron chi connectivity index (χ3n) is 2.34. The van der Waals surface area contributed by atoms with Gasteiger partial charge in [0, 0.05) is 18.9 Å². The van der Waals surface area contributed by atoms with Crippen molar-refractivity contribution in [2.45, 2.75) is 39.8 Å². The van der Waals surface area contributed by atoms with Gasteiger partial charge in [0.05, 0.1) is 6.04 Å². The van der Waals surface area contributed by atoms with E-state index in [2.05, 4.69) is 18.8 Å². The Hall–Kier alpha value is -1.16. The number of carbonyl (C=O) groups is 1. The SMILES string of the molecule is CCn1ccnc1C(=O)C(N)CC(C)C. The minimum Gasteiger partial charge on any atom is -0.329 e. The minimum atomic E-state index is -0.433. The Labute approximate surface area is 90.5 Å². The van der Waals surface area contributed by atoms with E-state index in [1.54, 1.807) is 12.4 Å². The van der Waals surface area contributed by atoms with Crippen LogP contribution >= 0.6 is 0 Å². The molecule has 84 valence electrons. The van der Waals surface area contributed by atoms with Crippen molar-refractivity contribution in [1.82, 2.24) is 9.55 Å². The first-order valence-corrected chi connectivity index (χ1v) is 5.37. The molecule has 1 atom stereocenters. The van der Waals surface area contributed by atoms with Crippen LogP contribution in [0.2, 0.25) is 0 Å². The molecule has 0 amide bonds. The molecule has 1 rings (SSSR count). The standard InChI is InChI=1S/C11H19N3O/c1-4-14-6-5-13-11(14)10(15)9(12)7-8(2)3/h5-6,8-9H,4,7,12H2,1-3H3. The van der Waals surface area contributed by atoms with Crippen molar-refractivity contribution < 1.29 is 4.79 Å². The summed E-state index contributed by atoms with van der Waals surface area (Å²) in [5, 5.41) is 0. The highest BCUT2D eigenvalue weighted by atomic mass is 16.1. The largest absolute Gasteiger partial charge is 0.329 e. The number of aryl methyl sites for hydroxylation is 1. The van der Waals surface area contributed by atoms with Gasteiger partial charge in [0.1, 0.15) is 0 Å². The maximum Gasteiger partial charge on any atom is 0.214 e. The van der Waals surface area contributed by atoms with Crippen LogP contribution in [0, 0.1) is 5.92 Å². The molecule has 4 nitrogen and oxygen atoms in total. The van der Waals surface area contributed by atoms with Crippen molar-refractivity contribution in [2.24, 2.45) is 11.7 Å². The van der Waals surface area contributed by atoms with E-state index in [1.807, 2.05) is 11.5 Å². The highest BCUT2D eigenvalue weighted by molar-refractivity contribution is 5.97. The quantitative estimate of drug-likeness (QED) is 0.747. The van der Waals surface area contributed by atoms with Gasteiger partial charge in [-0.25, -0.2) is 4.98 Å². The average molecular weight is 209 g/mol. The van der Waals surface area contributed by atoms with Crippen LogP contribution in [0.1, 0.15) is 37.8 Å². The summed E-state index contributed by atoms with van der Waals surface area (Å²) in [6.07, 6.45) is 4.14. The summed E-state index contributed by atoms with van der Waals surface area (Å²) >= 11 is 0. The van der Waals surface area contributed by atoms with E-state index in [1.165, 1.54) is 0 Å². The summed E-state index contributed by atoms with van der Waals surface area (Å²) < 4.78 is 1.82. The lowest BCUT2D eigenvalue weighted by atomic mass is 10.0. The molecule has 0 aromatic carbocycles. The predicted octanol–water partition coefficient (Wildman–Crippen LogP) is 1.46. The topological polar surface area (TPSA) is 60.9 Å². The van der Waals surface area contributed by atoms with E-state index < -0.39 is 6.04 Å². The average Bonchev–Trinajstić information content (AvgIpc) is 2.62. The number of nitrogens with two attached hydrogens (primary N) is 1. The van der Waals surface area contributed by atoms with Crippen molar-refractivity contribution in [3.8, 4) is 0 Å². The Bertz CT molecular complexity index is 330. The molecule has 0 spiro atoms. The molecule has 4 heteroatoms. The molecule has 0 bridgehead atoms. The number of Topliss-reactive ketones (excluding diaryl/α,β-unsaturated/α-hetero) is 1. The van der Waals surface area contributed by atoms with E-state index in [-0.39, 0.29) is 5.78 Å². The van der Waals surface area contributed by atoms with Crippen molar-refractivity contribution in [1.29, 1.82) is 0 Å². The second-order valence-electron chi connectivity index (χ2n) is 4.14. The summed E-state index contributed by atoms with van der Waals surface area (Å²) in [5.74, 6) is 0.843. The molecular formula is C11H19N3O. The molecule has 0 saturated carbocycles. The van der Waals surface area contributed by atoms with Gasteiger partial charge >= 0.3 is 0 Å². The first kappa shape index (κ1) is 11.9. The molecule has 0 aliphatic carbocycles. The Morgan fingerprint density at radius 3 is 2.80 bits per heavy atom. The van der Waals surface area contributed by atoms with E-state index in [9.17, 15) is 4.79 Å². The molecule has 0 aliphatic rings. The molecule has 1 aromatic heterocycles. The number of nitrogens with zero attached hydrogens (tertiary/aromatic N) is 2. The van der Waals surface area contributed by atoms with Gasteiger partial charge in [0.15, 0.2) is 5.82 Å². The second kappa shape index (κ2) is 5.07. The van der Waals surface area contributed by atoms with Gasteiger partial charge in [0.2, 0.25) is 5.78 Å². The lowest BCUT2D eigenvalue weighted by molar-refractivity contribution is 0.0936. The van der Waals surface area contributed by atoms with Crippen molar-refractivity contribution in [2.75, 3.05) is 0 Å². The van der Waals surface area contributed by atoms with Gasteiger partial charge in [-0.1, -0.05) is 13.8 Å². The fraction of sp³-hybridized carbons (Fsp3) is 0.636. The number of hydrogen-bond donors (Lipinski definition) is 1. The lowest BCUT2D eigenvalue weighted by Gasteiger charge is -2.13. The molecular weight excluding hydrogens is 190 g/mol. The molecule has 1 heterocycles. The van der Waals surface area contributed by atoms with Gasteiger partial charge in [0.25, 0.3) is 0 Å². The highest BCUT2D eigenvalue weighted by Gasteiger charge is 2.20. The highest BCUT2D eigenvalue weighted by Crippen LogP contribution is 2.08. The zero-order valence-corrected chi connectivity index (χ0v) is 9.60. The number of rotatable bonds is 5. The monoisotopic (exact) mass is 209 g/mol. The number of hydrogen-bond acceptors (Lipinski definition) is 3. The Morgan fingerprint density at radius 2 is 2.27 bits per heavy atom. The van der Waals surface area contributed by atoms with Crippen LogP contribution in [0.25, 0.3) is 0 Å². The predicted molar refractivity (Wildman–Crippen MR) is 59.7 cm³/mol. The second-order valence-corrected chi connectivity index (χ2v) is 4.14. The van der Waals surface area contributed by atoms with E-state index >= 15 is 0 Å². The maximum atomic E-state index is 11.9. The fourth-order valence-corrected chi connectivity index (χ4v) is 1.57. The van der Waals surface area contributed by atoms with Crippen LogP contribution in [0.3, 0.4) is 0 Å². The van der Waals surface area contributed by atoms with Crippen molar-refractivity contribution in [3.63, 3.8) is 0 Å². The summed E-state index contributed by atoms with van der Waals surface area (Å²) in [7, 11) is 0. The van der Waals surface area contributed by atoms with Crippen LogP contribution < -0.4 is 5.73 Å². The van der Waals surface area contributed by atoms with Crippen LogP contribution in [0.4, 0.5) is 0 Å². The molecule has 2 N–H and O–H groups in total. The van der Waals surface area contributed by atoms with Gasteiger partial charge in [-0.05, 0) is 19.3 Å². The molecule has 0 saturated heterocycles. The van der Waals surface area contributed by atoms with Crippen LogP contribution in [0.15, 0.2) is 12.4 Å². The first-order chi connectivity index (χ1) is 7.06. The zero-order chi connectivity index (χ0) is 11.4. The third-order valence-corrected chi connectivity index (χ3v) is 2.34. The van der Waals surface area contributed by atoms with Crippen LogP contribution in [-0.4, -0.2) is 21.4 Å². The van der Waals surface area contributed by atoms with E-state index in [0.29, 0.717) is 18.2 Å². The normalized spacial score (nSPS) is 13.1. The van der Waals surface area contributed by atoms with Gasteiger partial charge in [-0.2, -0.15) is 0 Å². The summed E-state index contributed by atoms with van der Waals surface area (Å²) in [6, 6.07) is -0.433. The van der Waals surface area contributed by atoms with Crippen LogP contribution in [0.5, 0.6) is 0 Å². The molecule has 0 fully saturated rings. The fourth-order valence-electron chi connectivity index (χ4n) is 1.57. The number of imidazole rings is 1. The first-order valence-electron chi connectivity index (χ1n) is 5.37. The summed E-state index contributed by atoms with van der Waals surface area (Å²) in [5.41, 5.74) is 5.83. The van der Waals surface area contributed by atoms with E-state index in [0.717, 1.165) is 6.54 Å². The Morgan fingerprint density at radius 1 is 1.60 bits per heavy atom. The van der Waals surface area contributed by atoms with Crippen molar-refractivity contribution in [3.05, 3.63) is 18.2 Å².